The first-order valence-electron chi connectivity index (χ1n) is 8.62. The minimum Gasteiger partial charge on any atom is -0.497 e. The van der Waals surface area contributed by atoms with Gasteiger partial charge in [0.2, 0.25) is 5.91 Å². The van der Waals surface area contributed by atoms with Crippen LogP contribution in [0.3, 0.4) is 0 Å². The van der Waals surface area contributed by atoms with Crippen molar-refractivity contribution in [1.82, 2.24) is 9.97 Å². The number of anilines is 1. The van der Waals surface area contributed by atoms with Crippen LogP contribution in [0.15, 0.2) is 51.8 Å². The van der Waals surface area contributed by atoms with Gasteiger partial charge in [0.15, 0.2) is 15.9 Å². The van der Waals surface area contributed by atoms with Gasteiger partial charge >= 0.3 is 0 Å². The number of methoxy groups -OCH3 is 2. The molecule has 0 aliphatic rings. The van der Waals surface area contributed by atoms with Crippen LogP contribution in [-0.4, -0.2) is 30.1 Å². The van der Waals surface area contributed by atoms with E-state index >= 15 is 0 Å². The predicted octanol–water partition coefficient (Wildman–Crippen LogP) is 4.73. The monoisotopic (exact) mass is 427 g/mol. The number of carbonyl (C=O) groups excluding carboxylic acids is 1. The fraction of sp³-hybridized carbons (Fsp3) is 0.150. The maximum Gasteiger partial charge on any atom is 0.232 e. The average molecular weight is 428 g/mol. The zero-order valence-electron chi connectivity index (χ0n) is 15.7. The van der Waals surface area contributed by atoms with Crippen molar-refractivity contribution in [3.05, 3.63) is 53.0 Å². The summed E-state index contributed by atoms with van der Waals surface area (Å²) in [5.41, 5.74) is 2.19. The molecule has 0 aliphatic carbocycles. The van der Waals surface area contributed by atoms with Crippen LogP contribution in [0.2, 0.25) is 0 Å². The number of amides is 1. The van der Waals surface area contributed by atoms with Gasteiger partial charge in [0.1, 0.15) is 11.5 Å². The fourth-order valence-electron chi connectivity index (χ4n) is 2.70. The standard InChI is InChI=1S/C20H17N3O4S2/c1-25-13-5-6-16(26-2)14(9-13)15-11-29-20(22-15)23-18(24)8-12-10-28-19(21-12)17-4-3-7-27-17/h3-7,9-11H,8H2,1-2H3,(H,22,23,24). The highest BCUT2D eigenvalue weighted by atomic mass is 32.1. The molecule has 1 N–H and O–H groups in total. The summed E-state index contributed by atoms with van der Waals surface area (Å²) in [6.45, 7) is 0. The first kappa shape index (κ1) is 19.2. The maximum absolute atomic E-state index is 12.4. The van der Waals surface area contributed by atoms with E-state index in [0.717, 1.165) is 10.6 Å². The fourth-order valence-corrected chi connectivity index (χ4v) is 4.21. The van der Waals surface area contributed by atoms with Crippen molar-refractivity contribution in [2.75, 3.05) is 19.5 Å². The topological polar surface area (TPSA) is 86.5 Å². The van der Waals surface area contributed by atoms with E-state index in [4.69, 9.17) is 13.9 Å². The van der Waals surface area contributed by atoms with Crippen molar-refractivity contribution in [2.45, 2.75) is 6.42 Å². The molecule has 148 valence electrons. The Morgan fingerprint density at radius 1 is 1.14 bits per heavy atom. The number of ether oxygens (including phenoxy) is 2. The minimum absolute atomic E-state index is 0.161. The number of aromatic nitrogens is 2. The summed E-state index contributed by atoms with van der Waals surface area (Å²) in [5, 5.41) is 7.81. The van der Waals surface area contributed by atoms with Crippen LogP contribution in [0.4, 0.5) is 5.13 Å². The van der Waals surface area contributed by atoms with Gasteiger partial charge in [-0.25, -0.2) is 9.97 Å². The highest BCUT2D eigenvalue weighted by Crippen LogP contribution is 2.35. The van der Waals surface area contributed by atoms with Crippen molar-refractivity contribution >= 4 is 33.7 Å². The molecule has 7 nitrogen and oxygen atoms in total. The Bertz CT molecular complexity index is 1120. The molecule has 9 heteroatoms. The number of thiazole rings is 2. The summed E-state index contributed by atoms with van der Waals surface area (Å²) >= 11 is 2.79. The smallest absolute Gasteiger partial charge is 0.232 e. The molecular weight excluding hydrogens is 410 g/mol. The van der Waals surface area contributed by atoms with Gasteiger partial charge < -0.3 is 19.2 Å². The molecule has 3 heterocycles. The highest BCUT2D eigenvalue weighted by Gasteiger charge is 2.15. The van der Waals surface area contributed by atoms with E-state index in [0.29, 0.717) is 33.8 Å². The molecule has 0 saturated heterocycles. The summed E-state index contributed by atoms with van der Waals surface area (Å²) in [6, 6.07) is 9.14. The van der Waals surface area contributed by atoms with Crippen molar-refractivity contribution < 1.29 is 18.7 Å². The lowest BCUT2D eigenvalue weighted by Gasteiger charge is -2.08. The predicted molar refractivity (Wildman–Crippen MR) is 113 cm³/mol. The van der Waals surface area contributed by atoms with Crippen molar-refractivity contribution in [1.29, 1.82) is 0 Å². The molecule has 0 bridgehead atoms. The van der Waals surface area contributed by atoms with Crippen LogP contribution in [0.1, 0.15) is 5.69 Å². The molecule has 29 heavy (non-hydrogen) atoms. The van der Waals surface area contributed by atoms with E-state index in [1.807, 2.05) is 35.0 Å². The summed E-state index contributed by atoms with van der Waals surface area (Å²) < 4.78 is 16.0. The SMILES string of the molecule is COc1ccc(OC)c(-c2csc(NC(=O)Cc3csc(-c4ccco4)n3)n2)c1. The van der Waals surface area contributed by atoms with Crippen LogP contribution in [0, 0.1) is 0 Å². The van der Waals surface area contributed by atoms with Crippen LogP contribution < -0.4 is 14.8 Å². The highest BCUT2D eigenvalue weighted by molar-refractivity contribution is 7.14. The van der Waals surface area contributed by atoms with Gasteiger partial charge in [0.05, 0.1) is 38.3 Å². The van der Waals surface area contributed by atoms with Gasteiger partial charge in [0.25, 0.3) is 0 Å². The number of nitrogens with one attached hydrogen (secondary N) is 1. The Hall–Kier alpha value is -3.17. The molecule has 4 aromatic rings. The maximum atomic E-state index is 12.4. The molecule has 0 aliphatic heterocycles. The van der Waals surface area contributed by atoms with E-state index < -0.39 is 0 Å². The molecule has 0 unspecified atom stereocenters. The Morgan fingerprint density at radius 2 is 2.03 bits per heavy atom. The molecular formula is C20H17N3O4S2. The average Bonchev–Trinajstić information content (AvgIpc) is 3.49. The Kier molecular flexibility index (Phi) is 5.59. The Labute approximate surface area is 175 Å². The van der Waals surface area contributed by atoms with Gasteiger partial charge in [-0.1, -0.05) is 0 Å². The van der Waals surface area contributed by atoms with Crippen LogP contribution in [0.5, 0.6) is 11.5 Å². The zero-order valence-corrected chi connectivity index (χ0v) is 17.3. The molecule has 3 aromatic heterocycles. The molecule has 0 radical (unpaired) electrons. The first-order valence-corrected chi connectivity index (χ1v) is 10.4. The van der Waals surface area contributed by atoms with Gasteiger partial charge in [-0.3, -0.25) is 4.79 Å². The second kappa shape index (κ2) is 8.46. The lowest BCUT2D eigenvalue weighted by molar-refractivity contribution is -0.115. The molecule has 1 amide bonds. The van der Waals surface area contributed by atoms with Gasteiger partial charge in [-0.05, 0) is 30.3 Å². The first-order chi connectivity index (χ1) is 14.2. The van der Waals surface area contributed by atoms with Crippen LogP contribution in [-0.2, 0) is 11.2 Å². The Morgan fingerprint density at radius 3 is 2.79 bits per heavy atom. The second-order valence-corrected chi connectivity index (χ2v) is 7.67. The van der Waals surface area contributed by atoms with E-state index in [9.17, 15) is 4.79 Å². The normalized spacial score (nSPS) is 10.7. The van der Waals surface area contributed by atoms with Crippen molar-refractivity contribution in [2.24, 2.45) is 0 Å². The number of nitrogens with zero attached hydrogens (tertiary/aromatic N) is 2. The van der Waals surface area contributed by atoms with E-state index in [-0.39, 0.29) is 12.3 Å². The second-order valence-electron chi connectivity index (χ2n) is 5.95. The third kappa shape index (κ3) is 4.30. The molecule has 1 aromatic carbocycles. The van der Waals surface area contributed by atoms with Gasteiger partial charge in [-0.15, -0.1) is 22.7 Å². The lowest BCUT2D eigenvalue weighted by atomic mass is 10.1. The number of rotatable bonds is 7. The minimum atomic E-state index is -0.181. The van der Waals surface area contributed by atoms with E-state index in [1.165, 1.54) is 22.7 Å². The summed E-state index contributed by atoms with van der Waals surface area (Å²) in [5.74, 6) is 1.90. The number of hydrogen-bond acceptors (Lipinski definition) is 8. The van der Waals surface area contributed by atoms with E-state index in [1.54, 1.807) is 26.5 Å². The number of hydrogen-bond donors (Lipinski definition) is 1. The van der Waals surface area contributed by atoms with Crippen molar-refractivity contribution in [3.8, 4) is 33.5 Å². The van der Waals surface area contributed by atoms with Crippen molar-refractivity contribution in [3.63, 3.8) is 0 Å². The number of carbonyl (C=O) groups is 1. The Balaban J connectivity index is 1.45. The largest absolute Gasteiger partial charge is 0.497 e. The summed E-state index contributed by atoms with van der Waals surface area (Å²) in [6.07, 6.45) is 1.76. The lowest BCUT2D eigenvalue weighted by Crippen LogP contribution is -2.14. The summed E-state index contributed by atoms with van der Waals surface area (Å²) in [7, 11) is 3.21. The van der Waals surface area contributed by atoms with E-state index in [2.05, 4.69) is 15.3 Å². The quantitative estimate of drug-likeness (QED) is 0.459. The van der Waals surface area contributed by atoms with Crippen LogP contribution in [0.25, 0.3) is 22.0 Å². The third-order valence-corrected chi connectivity index (χ3v) is 5.72. The van der Waals surface area contributed by atoms with Gasteiger partial charge in [-0.2, -0.15) is 0 Å². The number of benzene rings is 1. The molecule has 0 saturated carbocycles. The van der Waals surface area contributed by atoms with Gasteiger partial charge in [0, 0.05) is 16.3 Å². The molecule has 0 spiro atoms. The molecule has 0 atom stereocenters. The molecule has 4 rings (SSSR count). The summed E-state index contributed by atoms with van der Waals surface area (Å²) in [4.78, 5) is 21.4. The number of furan rings is 1. The zero-order chi connectivity index (χ0) is 20.2. The van der Waals surface area contributed by atoms with Crippen LogP contribution >= 0.6 is 22.7 Å². The molecule has 0 fully saturated rings. The third-order valence-electron chi connectivity index (χ3n) is 4.06.